The molecule has 2 saturated heterocycles. The van der Waals surface area contributed by atoms with Crippen molar-refractivity contribution in [1.29, 1.82) is 0 Å². The molecule has 2 heteroatoms. The number of fused-ring (bicyclic) bond motifs is 14. The van der Waals surface area contributed by atoms with Crippen LogP contribution >= 0.6 is 15.8 Å². The minimum Gasteiger partial charge on any atom is -0.0917 e. The normalized spacial score (nSPS) is 59.6. The molecule has 2 spiro atoms. The summed E-state index contributed by atoms with van der Waals surface area (Å²) in [6.45, 7) is 27.6. The zero-order valence-electron chi connectivity index (χ0n) is 38.9. The predicted molar refractivity (Wildman–Crippen MR) is 248 cm³/mol. The molecule has 10 aliphatic rings. The molecule has 8 saturated carbocycles. The van der Waals surface area contributed by atoms with Gasteiger partial charge in [0.2, 0.25) is 0 Å². The summed E-state index contributed by atoms with van der Waals surface area (Å²) >= 11 is 0. The molecule has 17 unspecified atom stereocenters. The summed E-state index contributed by atoms with van der Waals surface area (Å²) in [4.78, 5) is 0. The SMILES string of the molecule is CCC1C2C(C3CC(C)CC1(C)C3)C1(CC3(C)CCCC(C)(C3)C1)P2Cc1ccccc1CP1C2(C)CC3(C)CC(C)CC(C3)C2C12CC1(C)CCCC(C)(C1)C2. The van der Waals surface area contributed by atoms with Crippen LogP contribution in [0.4, 0.5) is 0 Å². The van der Waals surface area contributed by atoms with Crippen LogP contribution in [-0.4, -0.2) is 21.1 Å². The van der Waals surface area contributed by atoms with Gasteiger partial charge in [-0.2, -0.15) is 0 Å². The van der Waals surface area contributed by atoms with Gasteiger partial charge in [-0.05, 0) is 228 Å². The van der Waals surface area contributed by atoms with E-state index in [9.17, 15) is 0 Å². The van der Waals surface area contributed by atoms with Crippen molar-refractivity contribution < 1.29 is 0 Å². The van der Waals surface area contributed by atoms with Gasteiger partial charge in [-0.3, -0.25) is 0 Å². The molecule has 8 bridgehead atoms. The van der Waals surface area contributed by atoms with Crippen LogP contribution in [0.3, 0.4) is 0 Å². The quantitative estimate of drug-likeness (QED) is 0.260. The molecule has 316 valence electrons. The Morgan fingerprint density at radius 3 is 1.72 bits per heavy atom. The van der Waals surface area contributed by atoms with E-state index in [1.807, 2.05) is 11.1 Å². The van der Waals surface area contributed by atoms with Crippen LogP contribution in [-0.2, 0) is 12.3 Å². The Bertz CT molecular complexity index is 1740. The van der Waals surface area contributed by atoms with Crippen molar-refractivity contribution in [2.75, 3.05) is 0 Å². The van der Waals surface area contributed by atoms with Gasteiger partial charge in [-0.1, -0.05) is 129 Å². The summed E-state index contributed by atoms with van der Waals surface area (Å²) in [7, 11) is -0.148. The van der Waals surface area contributed by atoms with Crippen LogP contribution in [0.25, 0.3) is 0 Å². The second-order valence-electron chi connectivity index (χ2n) is 27.7. The third-order valence-corrected chi connectivity index (χ3v) is 29.8. The first-order valence-electron chi connectivity index (χ1n) is 25.4. The van der Waals surface area contributed by atoms with Crippen molar-refractivity contribution in [1.82, 2.24) is 0 Å². The lowest BCUT2D eigenvalue weighted by molar-refractivity contribution is -0.0967. The first kappa shape index (κ1) is 39.9. The monoisotopic (exact) mass is 809 g/mol. The first-order valence-corrected chi connectivity index (χ1v) is 28.5. The van der Waals surface area contributed by atoms with Gasteiger partial charge in [0.1, 0.15) is 0 Å². The second kappa shape index (κ2) is 12.6. The van der Waals surface area contributed by atoms with Crippen LogP contribution in [0.2, 0.25) is 0 Å². The van der Waals surface area contributed by atoms with E-state index in [0.29, 0.717) is 48.0 Å². The Hall–Kier alpha value is 0.0800. The van der Waals surface area contributed by atoms with E-state index in [1.165, 1.54) is 89.4 Å². The van der Waals surface area contributed by atoms with E-state index < -0.39 is 0 Å². The first-order chi connectivity index (χ1) is 26.8. The minimum atomic E-state index is -0.0920. The molecule has 0 N–H and O–H groups in total. The highest BCUT2D eigenvalue weighted by Gasteiger charge is 2.76. The van der Waals surface area contributed by atoms with Crippen molar-refractivity contribution >= 4 is 15.8 Å². The van der Waals surface area contributed by atoms with E-state index >= 15 is 0 Å². The summed E-state index contributed by atoms with van der Waals surface area (Å²) in [5.74, 6) is 6.83. The van der Waals surface area contributed by atoms with Crippen LogP contribution in [0.5, 0.6) is 0 Å². The largest absolute Gasteiger partial charge is 0.0917 e. The molecule has 0 nitrogen and oxygen atoms in total. The molecular formula is C55H86P2. The van der Waals surface area contributed by atoms with Crippen LogP contribution in [0.15, 0.2) is 24.3 Å². The van der Waals surface area contributed by atoms with E-state index in [0.717, 1.165) is 47.1 Å². The minimum absolute atomic E-state index is 0.0560. The van der Waals surface area contributed by atoms with Gasteiger partial charge in [0.25, 0.3) is 0 Å². The summed E-state index contributed by atoms with van der Waals surface area (Å²) in [5, 5.41) is 1.85. The van der Waals surface area contributed by atoms with Gasteiger partial charge in [0.05, 0.1) is 0 Å². The molecule has 0 radical (unpaired) electrons. The Kier molecular flexibility index (Phi) is 8.84. The number of hydrogen-bond donors (Lipinski definition) is 0. The maximum Gasteiger partial charge on any atom is -0.00366 e. The Morgan fingerprint density at radius 2 is 1.12 bits per heavy atom. The van der Waals surface area contributed by atoms with Crippen molar-refractivity contribution in [3.8, 4) is 0 Å². The highest BCUT2D eigenvalue weighted by atomic mass is 31.1. The van der Waals surface area contributed by atoms with Gasteiger partial charge in [0, 0.05) is 0 Å². The third-order valence-electron chi connectivity index (χ3n) is 21.9. The lowest BCUT2D eigenvalue weighted by atomic mass is 9.44. The Balaban J connectivity index is 0.989. The molecule has 57 heavy (non-hydrogen) atoms. The Labute approximate surface area is 354 Å². The lowest BCUT2D eigenvalue weighted by Crippen LogP contribution is -2.72. The molecule has 1 aromatic rings. The summed E-state index contributed by atoms with van der Waals surface area (Å²) in [5.41, 5.74) is 8.25. The molecule has 0 aromatic heterocycles. The molecule has 0 amide bonds. The van der Waals surface area contributed by atoms with Crippen LogP contribution < -0.4 is 0 Å². The number of benzene rings is 1. The van der Waals surface area contributed by atoms with E-state index in [4.69, 9.17) is 0 Å². The van der Waals surface area contributed by atoms with Crippen molar-refractivity contribution in [3.63, 3.8) is 0 Å². The fourth-order valence-corrected chi connectivity index (χ4v) is 33.5. The number of rotatable bonds is 5. The fraction of sp³-hybridized carbons (Fsp3) is 0.891. The van der Waals surface area contributed by atoms with Gasteiger partial charge in [-0.25, -0.2) is 0 Å². The molecule has 17 atom stereocenters. The summed E-state index contributed by atoms with van der Waals surface area (Å²) in [6.07, 6.45) is 33.5. The Morgan fingerprint density at radius 1 is 0.579 bits per heavy atom. The zero-order valence-corrected chi connectivity index (χ0v) is 40.7. The van der Waals surface area contributed by atoms with Crippen molar-refractivity contribution in [3.05, 3.63) is 35.4 Å². The van der Waals surface area contributed by atoms with Gasteiger partial charge >= 0.3 is 0 Å². The summed E-state index contributed by atoms with van der Waals surface area (Å²) in [6, 6.07) is 10.5. The van der Waals surface area contributed by atoms with E-state index in [-0.39, 0.29) is 15.8 Å². The second-order valence-corrected chi connectivity index (χ2v) is 33.6. The molecule has 10 fully saturated rings. The molecule has 8 aliphatic carbocycles. The van der Waals surface area contributed by atoms with Crippen molar-refractivity contribution in [2.45, 2.75) is 231 Å². The maximum absolute atomic E-state index is 2.93. The standard InChI is InChI=1S/C55H86P2/c1-11-43-45-44(41-22-38(3)25-52(43,9)27-41)54(33-47(4)18-14-19-48(5,30-47)34-54)56(45)28-39-16-12-13-17-40(39)29-57-53(10)32-51(8)24-37(2)23-42(26-51)46(53)55(57)35-49(6)20-15-21-50(7,31-49)36-55/h12-13,16-17,37-38,41-46H,11,14-15,18-36H2,1-10H3. The topological polar surface area (TPSA) is 0 Å². The fourth-order valence-electron chi connectivity index (χ4n) is 22.7. The molecule has 2 heterocycles. The smallest absolute Gasteiger partial charge is 0.00366 e. The number of hydrogen-bond acceptors (Lipinski definition) is 0. The van der Waals surface area contributed by atoms with Crippen molar-refractivity contribution in [2.24, 2.45) is 73.9 Å². The predicted octanol–water partition coefficient (Wildman–Crippen LogP) is 16.6. The molecular weight excluding hydrogens is 723 g/mol. The van der Waals surface area contributed by atoms with Crippen LogP contribution in [0.1, 0.15) is 209 Å². The highest BCUT2D eigenvalue weighted by molar-refractivity contribution is 7.62. The van der Waals surface area contributed by atoms with Crippen LogP contribution in [0, 0.1) is 73.9 Å². The summed E-state index contributed by atoms with van der Waals surface area (Å²) < 4.78 is 0. The lowest BCUT2D eigenvalue weighted by Gasteiger charge is -2.80. The average molecular weight is 809 g/mol. The molecule has 11 rings (SSSR count). The van der Waals surface area contributed by atoms with E-state index in [2.05, 4.69) is 93.5 Å². The highest BCUT2D eigenvalue weighted by Crippen LogP contribution is 2.90. The van der Waals surface area contributed by atoms with E-state index in [1.54, 1.807) is 51.4 Å². The maximum atomic E-state index is 2.93. The average Bonchev–Trinajstić information content (AvgIpc) is 3.06. The molecule has 2 aliphatic heterocycles. The molecule has 1 aromatic carbocycles. The zero-order chi connectivity index (χ0) is 39.8. The van der Waals surface area contributed by atoms with Gasteiger partial charge in [0.15, 0.2) is 0 Å². The van der Waals surface area contributed by atoms with Gasteiger partial charge in [-0.15, -0.1) is 0 Å². The van der Waals surface area contributed by atoms with Gasteiger partial charge < -0.3 is 0 Å². The third kappa shape index (κ3) is 5.74.